The van der Waals surface area contributed by atoms with Gasteiger partial charge in [0.25, 0.3) is 0 Å². The van der Waals surface area contributed by atoms with Crippen molar-refractivity contribution >= 4 is 17.8 Å². The Morgan fingerprint density at radius 3 is 2.62 bits per heavy atom. The Balaban J connectivity index is 2.53. The smallest absolute Gasteiger partial charge is 0.326 e. The van der Waals surface area contributed by atoms with Gasteiger partial charge in [-0.05, 0) is 25.7 Å². The minimum absolute atomic E-state index is 0.0969. The van der Waals surface area contributed by atoms with Gasteiger partial charge < -0.3 is 15.3 Å². The van der Waals surface area contributed by atoms with Crippen molar-refractivity contribution < 1.29 is 19.5 Å². The Morgan fingerprint density at radius 2 is 2.05 bits per heavy atom. The van der Waals surface area contributed by atoms with E-state index in [0.29, 0.717) is 32.4 Å². The molecule has 1 heterocycles. The highest BCUT2D eigenvalue weighted by Crippen LogP contribution is 2.18. The number of carbonyl (C=O) groups excluding carboxylic acids is 2. The Bertz CT molecular complexity index is 384. The van der Waals surface area contributed by atoms with E-state index in [0.717, 1.165) is 19.3 Å². The molecule has 1 unspecified atom stereocenters. The number of piperidine rings is 1. The number of aliphatic carboxylic acids is 1. The van der Waals surface area contributed by atoms with Gasteiger partial charge in [-0.25, -0.2) is 4.79 Å². The first-order valence-corrected chi connectivity index (χ1v) is 7.80. The summed E-state index contributed by atoms with van der Waals surface area (Å²) in [5.74, 6) is -1.47. The molecule has 2 N–H and O–H groups in total. The quantitative estimate of drug-likeness (QED) is 0.743. The normalized spacial score (nSPS) is 19.9. The number of nitrogens with one attached hydrogen (secondary N) is 1. The Hall–Kier alpha value is -1.59. The van der Waals surface area contributed by atoms with E-state index in [1.54, 1.807) is 11.8 Å². The first kappa shape index (κ1) is 17.5. The molecule has 1 fully saturated rings. The van der Waals surface area contributed by atoms with Crippen LogP contribution in [0.4, 0.5) is 0 Å². The number of likely N-dealkylation sites (tertiary alicyclic amines) is 1. The van der Waals surface area contributed by atoms with E-state index in [9.17, 15) is 14.4 Å². The SMILES string of the molecule is CCCCC(=O)N1CCC[C@@H](C(=O)NC(CC)C(=O)O)C1. The maximum absolute atomic E-state index is 12.1. The van der Waals surface area contributed by atoms with Gasteiger partial charge in [-0.3, -0.25) is 9.59 Å². The van der Waals surface area contributed by atoms with Gasteiger partial charge in [0.15, 0.2) is 0 Å². The maximum atomic E-state index is 12.1. The van der Waals surface area contributed by atoms with Crippen LogP contribution >= 0.6 is 0 Å². The average molecular weight is 298 g/mol. The van der Waals surface area contributed by atoms with Gasteiger partial charge in [0, 0.05) is 19.5 Å². The van der Waals surface area contributed by atoms with Crippen LogP contribution in [-0.4, -0.2) is 46.9 Å². The monoisotopic (exact) mass is 298 g/mol. The molecule has 1 aliphatic heterocycles. The van der Waals surface area contributed by atoms with E-state index in [2.05, 4.69) is 5.32 Å². The van der Waals surface area contributed by atoms with Gasteiger partial charge in [0.05, 0.1) is 5.92 Å². The van der Waals surface area contributed by atoms with Crippen LogP contribution in [0.3, 0.4) is 0 Å². The maximum Gasteiger partial charge on any atom is 0.326 e. The van der Waals surface area contributed by atoms with Crippen LogP contribution in [0.5, 0.6) is 0 Å². The number of rotatable bonds is 7. The predicted octanol–water partition coefficient (Wildman–Crippen LogP) is 1.39. The number of amides is 2. The van der Waals surface area contributed by atoms with Crippen LogP contribution in [-0.2, 0) is 14.4 Å². The van der Waals surface area contributed by atoms with Crippen LogP contribution in [0.25, 0.3) is 0 Å². The molecule has 1 aliphatic rings. The van der Waals surface area contributed by atoms with E-state index in [4.69, 9.17) is 5.11 Å². The third-order valence-electron chi connectivity index (χ3n) is 3.91. The summed E-state index contributed by atoms with van der Waals surface area (Å²) in [6, 6.07) is -0.844. The van der Waals surface area contributed by atoms with Crippen LogP contribution in [0.1, 0.15) is 52.4 Å². The lowest BCUT2D eigenvalue weighted by Crippen LogP contribution is -2.49. The highest BCUT2D eigenvalue weighted by Gasteiger charge is 2.30. The van der Waals surface area contributed by atoms with Gasteiger partial charge in [-0.1, -0.05) is 20.3 Å². The van der Waals surface area contributed by atoms with E-state index >= 15 is 0 Å². The van der Waals surface area contributed by atoms with Crippen molar-refractivity contribution in [3.05, 3.63) is 0 Å². The minimum Gasteiger partial charge on any atom is -0.480 e. The summed E-state index contributed by atoms with van der Waals surface area (Å²) in [6.07, 6.45) is 4.22. The molecule has 0 aromatic carbocycles. The molecule has 1 rings (SSSR count). The number of unbranched alkanes of at least 4 members (excludes halogenated alkanes) is 1. The standard InChI is InChI=1S/C15H26N2O4/c1-3-5-8-13(18)17-9-6-7-11(10-17)14(19)16-12(4-2)15(20)21/h11-12H,3-10H2,1-2H3,(H,16,19)(H,20,21)/t11-,12?/m1/s1. The number of carboxylic acid groups (broad SMARTS) is 1. The second-order valence-corrected chi connectivity index (χ2v) is 5.59. The van der Waals surface area contributed by atoms with Crippen molar-refractivity contribution in [3.63, 3.8) is 0 Å². The number of hydrogen-bond donors (Lipinski definition) is 2. The Labute approximate surface area is 125 Å². The molecule has 0 bridgehead atoms. The molecule has 6 nitrogen and oxygen atoms in total. The molecule has 0 saturated carbocycles. The van der Waals surface area contributed by atoms with Crippen LogP contribution in [0.2, 0.25) is 0 Å². The molecule has 0 aromatic heterocycles. The van der Waals surface area contributed by atoms with Gasteiger partial charge >= 0.3 is 5.97 Å². The molecule has 0 aliphatic carbocycles. The number of hydrogen-bond acceptors (Lipinski definition) is 3. The summed E-state index contributed by atoms with van der Waals surface area (Å²) in [6.45, 7) is 4.87. The average Bonchev–Trinajstić information content (AvgIpc) is 2.49. The van der Waals surface area contributed by atoms with Crippen molar-refractivity contribution in [2.75, 3.05) is 13.1 Å². The lowest BCUT2D eigenvalue weighted by molar-refractivity contribution is -0.143. The van der Waals surface area contributed by atoms with Crippen molar-refractivity contribution in [1.29, 1.82) is 0 Å². The molecule has 2 amide bonds. The molecule has 0 radical (unpaired) electrons. The lowest BCUT2D eigenvalue weighted by atomic mass is 9.96. The van der Waals surface area contributed by atoms with E-state index in [-0.39, 0.29) is 17.7 Å². The summed E-state index contributed by atoms with van der Waals surface area (Å²) in [5, 5.41) is 11.5. The fraction of sp³-hybridized carbons (Fsp3) is 0.800. The molecule has 1 saturated heterocycles. The molecule has 21 heavy (non-hydrogen) atoms. The predicted molar refractivity (Wildman–Crippen MR) is 78.7 cm³/mol. The van der Waals surface area contributed by atoms with Crippen LogP contribution in [0, 0.1) is 5.92 Å². The fourth-order valence-electron chi connectivity index (χ4n) is 2.53. The van der Waals surface area contributed by atoms with E-state index < -0.39 is 12.0 Å². The molecule has 0 spiro atoms. The molecular weight excluding hydrogens is 272 g/mol. The van der Waals surface area contributed by atoms with E-state index in [1.165, 1.54) is 0 Å². The third-order valence-corrected chi connectivity index (χ3v) is 3.91. The topological polar surface area (TPSA) is 86.7 Å². The first-order chi connectivity index (χ1) is 9.99. The molecule has 2 atom stereocenters. The fourth-order valence-corrected chi connectivity index (χ4v) is 2.53. The van der Waals surface area contributed by atoms with Gasteiger partial charge in [-0.15, -0.1) is 0 Å². The minimum atomic E-state index is -1.02. The van der Waals surface area contributed by atoms with E-state index in [1.807, 2.05) is 6.92 Å². The van der Waals surface area contributed by atoms with Crippen molar-refractivity contribution in [2.24, 2.45) is 5.92 Å². The highest BCUT2D eigenvalue weighted by atomic mass is 16.4. The van der Waals surface area contributed by atoms with Crippen LogP contribution in [0.15, 0.2) is 0 Å². The van der Waals surface area contributed by atoms with Crippen LogP contribution < -0.4 is 5.32 Å². The third kappa shape index (κ3) is 5.36. The van der Waals surface area contributed by atoms with Gasteiger partial charge in [-0.2, -0.15) is 0 Å². The Morgan fingerprint density at radius 1 is 1.33 bits per heavy atom. The number of nitrogens with zero attached hydrogens (tertiary/aromatic N) is 1. The summed E-state index contributed by atoms with van der Waals surface area (Å²) < 4.78 is 0. The van der Waals surface area contributed by atoms with Gasteiger partial charge in [0.1, 0.15) is 6.04 Å². The zero-order chi connectivity index (χ0) is 15.8. The molecule has 6 heteroatoms. The van der Waals surface area contributed by atoms with Gasteiger partial charge in [0.2, 0.25) is 11.8 Å². The zero-order valence-electron chi connectivity index (χ0n) is 12.9. The largest absolute Gasteiger partial charge is 0.480 e. The summed E-state index contributed by atoms with van der Waals surface area (Å²) in [7, 11) is 0. The highest BCUT2D eigenvalue weighted by molar-refractivity contribution is 5.85. The second kappa shape index (κ2) is 8.64. The zero-order valence-corrected chi connectivity index (χ0v) is 12.9. The molecular formula is C15H26N2O4. The summed E-state index contributed by atoms with van der Waals surface area (Å²) >= 11 is 0. The number of carbonyl (C=O) groups is 3. The van der Waals surface area contributed by atoms with Crippen molar-refractivity contribution in [3.8, 4) is 0 Å². The number of carboxylic acids is 1. The Kier molecular flexibility index (Phi) is 7.19. The molecule has 0 aromatic rings. The summed E-state index contributed by atoms with van der Waals surface area (Å²) in [5.41, 5.74) is 0. The van der Waals surface area contributed by atoms with Crippen molar-refractivity contribution in [1.82, 2.24) is 10.2 Å². The summed E-state index contributed by atoms with van der Waals surface area (Å²) in [4.78, 5) is 36.9. The van der Waals surface area contributed by atoms with Crippen molar-refractivity contribution in [2.45, 2.75) is 58.4 Å². The lowest BCUT2D eigenvalue weighted by Gasteiger charge is -2.32. The second-order valence-electron chi connectivity index (χ2n) is 5.59. The molecule has 120 valence electrons. The first-order valence-electron chi connectivity index (χ1n) is 7.80.